The van der Waals surface area contributed by atoms with Gasteiger partial charge in [-0.2, -0.15) is 0 Å². The van der Waals surface area contributed by atoms with E-state index in [-0.39, 0.29) is 30.5 Å². The van der Waals surface area contributed by atoms with Gasteiger partial charge >= 0.3 is 0 Å². The molecule has 3 rings (SSSR count). The molecule has 0 aliphatic carbocycles. The first kappa shape index (κ1) is 15.5. The lowest BCUT2D eigenvalue weighted by atomic mass is 9.92. The van der Waals surface area contributed by atoms with Gasteiger partial charge in [0.15, 0.2) is 0 Å². The molecule has 1 saturated heterocycles. The molecule has 3 heteroatoms. The Morgan fingerprint density at radius 3 is 2.22 bits per heavy atom. The van der Waals surface area contributed by atoms with Crippen molar-refractivity contribution in [3.8, 4) is 0 Å². The molecular weight excluding hydrogens is 286 g/mol. The summed E-state index contributed by atoms with van der Waals surface area (Å²) in [6, 6.07) is 19.2. The number of amides is 1. The van der Waals surface area contributed by atoms with Crippen molar-refractivity contribution in [3.05, 3.63) is 83.9 Å². The van der Waals surface area contributed by atoms with Crippen molar-refractivity contribution < 1.29 is 9.90 Å². The zero-order chi connectivity index (χ0) is 16.4. The minimum Gasteiger partial charge on any atom is -0.394 e. The second-order valence-electron chi connectivity index (χ2n) is 5.99. The molecule has 2 aromatic rings. The number of hydrogen-bond acceptors (Lipinski definition) is 2. The Kier molecular flexibility index (Phi) is 4.30. The summed E-state index contributed by atoms with van der Waals surface area (Å²) in [5, 5.41) is 9.97. The van der Waals surface area contributed by atoms with Crippen LogP contribution in [0.5, 0.6) is 0 Å². The zero-order valence-electron chi connectivity index (χ0n) is 13.2. The van der Waals surface area contributed by atoms with E-state index in [1.54, 1.807) is 4.90 Å². The normalized spacial score (nSPS) is 22.4. The van der Waals surface area contributed by atoms with Gasteiger partial charge in [0.05, 0.1) is 18.7 Å². The second kappa shape index (κ2) is 6.39. The fraction of sp³-hybridized carbons (Fsp3) is 0.250. The van der Waals surface area contributed by atoms with Crippen LogP contribution >= 0.6 is 0 Å². The van der Waals surface area contributed by atoms with E-state index in [0.717, 1.165) is 11.1 Å². The Morgan fingerprint density at radius 2 is 1.65 bits per heavy atom. The van der Waals surface area contributed by atoms with Gasteiger partial charge in [-0.3, -0.25) is 4.79 Å². The summed E-state index contributed by atoms with van der Waals surface area (Å²) in [6.07, 6.45) is 0. The van der Waals surface area contributed by atoms with E-state index in [1.165, 1.54) is 0 Å². The average molecular weight is 307 g/mol. The number of carbonyl (C=O) groups is 1. The van der Waals surface area contributed by atoms with Crippen LogP contribution in [0.4, 0.5) is 0 Å². The molecule has 2 aromatic carbocycles. The van der Waals surface area contributed by atoms with E-state index in [2.05, 4.69) is 6.58 Å². The van der Waals surface area contributed by atoms with Crippen LogP contribution in [0.25, 0.3) is 0 Å². The molecule has 1 aliphatic rings. The highest BCUT2D eigenvalue weighted by Gasteiger charge is 2.44. The van der Waals surface area contributed by atoms with Crippen LogP contribution in [0, 0.1) is 5.92 Å². The predicted octanol–water partition coefficient (Wildman–Crippen LogP) is 3.50. The summed E-state index contributed by atoms with van der Waals surface area (Å²) in [4.78, 5) is 14.6. The smallest absolute Gasteiger partial charge is 0.250 e. The Bertz CT molecular complexity index is 696. The third kappa shape index (κ3) is 2.68. The highest BCUT2D eigenvalue weighted by Crippen LogP contribution is 2.44. The van der Waals surface area contributed by atoms with Crippen molar-refractivity contribution in [2.45, 2.75) is 19.0 Å². The van der Waals surface area contributed by atoms with E-state index < -0.39 is 0 Å². The van der Waals surface area contributed by atoms with Gasteiger partial charge in [0.1, 0.15) is 0 Å². The summed E-state index contributed by atoms with van der Waals surface area (Å²) >= 11 is 0. The first-order chi connectivity index (χ1) is 11.1. The molecule has 118 valence electrons. The van der Waals surface area contributed by atoms with Gasteiger partial charge in [-0.25, -0.2) is 0 Å². The van der Waals surface area contributed by atoms with Crippen LogP contribution in [0.3, 0.4) is 0 Å². The van der Waals surface area contributed by atoms with Crippen LogP contribution < -0.4 is 0 Å². The molecule has 3 atom stereocenters. The molecule has 0 bridgehead atoms. The number of hydrogen-bond donors (Lipinski definition) is 1. The minimum absolute atomic E-state index is 0.0164. The Hall–Kier alpha value is -2.39. The second-order valence-corrected chi connectivity index (χ2v) is 5.99. The van der Waals surface area contributed by atoms with Crippen molar-refractivity contribution >= 4 is 5.91 Å². The zero-order valence-corrected chi connectivity index (χ0v) is 13.2. The van der Waals surface area contributed by atoms with E-state index in [0.29, 0.717) is 5.57 Å². The van der Waals surface area contributed by atoms with Gasteiger partial charge in [0, 0.05) is 11.5 Å². The fourth-order valence-corrected chi connectivity index (χ4v) is 3.38. The van der Waals surface area contributed by atoms with Gasteiger partial charge < -0.3 is 10.0 Å². The molecule has 3 nitrogen and oxygen atoms in total. The Labute approximate surface area is 136 Å². The number of benzene rings is 2. The van der Waals surface area contributed by atoms with Crippen molar-refractivity contribution in [2.24, 2.45) is 5.92 Å². The molecule has 0 saturated carbocycles. The van der Waals surface area contributed by atoms with Crippen molar-refractivity contribution in [1.29, 1.82) is 0 Å². The highest BCUT2D eigenvalue weighted by atomic mass is 16.3. The van der Waals surface area contributed by atoms with E-state index >= 15 is 0 Å². The third-order valence-corrected chi connectivity index (χ3v) is 4.67. The Morgan fingerprint density at radius 1 is 1.09 bits per heavy atom. The maximum atomic E-state index is 12.8. The number of likely N-dealkylation sites (tertiary alicyclic amines) is 1. The number of carbonyl (C=O) groups excluding carboxylic acids is 1. The van der Waals surface area contributed by atoms with Gasteiger partial charge in [0.25, 0.3) is 5.91 Å². The molecule has 1 heterocycles. The number of nitrogens with zero attached hydrogens (tertiary/aromatic N) is 1. The van der Waals surface area contributed by atoms with E-state index in [4.69, 9.17) is 0 Å². The Balaban J connectivity index is 2.06. The lowest BCUT2D eigenvalue weighted by Gasteiger charge is -2.34. The van der Waals surface area contributed by atoms with Crippen LogP contribution in [0.2, 0.25) is 0 Å². The van der Waals surface area contributed by atoms with Crippen LogP contribution in [-0.4, -0.2) is 22.5 Å². The van der Waals surface area contributed by atoms with Crippen molar-refractivity contribution in [3.63, 3.8) is 0 Å². The summed E-state index contributed by atoms with van der Waals surface area (Å²) in [7, 11) is 0. The molecule has 0 aromatic heterocycles. The SMILES string of the molecule is C=C1C(=O)N([C@H](CO)c2ccccc2)[C@H](c2ccccc2)[C@@H]1C. The quantitative estimate of drug-likeness (QED) is 0.878. The highest BCUT2D eigenvalue weighted by molar-refractivity contribution is 5.96. The van der Waals surface area contributed by atoms with Crippen LogP contribution in [0.15, 0.2) is 72.8 Å². The van der Waals surface area contributed by atoms with Gasteiger partial charge in [0.2, 0.25) is 0 Å². The first-order valence-electron chi connectivity index (χ1n) is 7.87. The van der Waals surface area contributed by atoms with Gasteiger partial charge in [-0.05, 0) is 11.1 Å². The summed E-state index contributed by atoms with van der Waals surface area (Å²) in [6.45, 7) is 5.89. The molecule has 1 fully saturated rings. The summed E-state index contributed by atoms with van der Waals surface area (Å²) in [5.41, 5.74) is 2.61. The summed E-state index contributed by atoms with van der Waals surface area (Å²) < 4.78 is 0. The lowest BCUT2D eigenvalue weighted by Crippen LogP contribution is -2.35. The average Bonchev–Trinajstić information content (AvgIpc) is 2.82. The van der Waals surface area contributed by atoms with Crippen LogP contribution in [-0.2, 0) is 4.79 Å². The number of rotatable bonds is 4. The number of aliphatic hydroxyl groups excluding tert-OH is 1. The molecular formula is C20H21NO2. The molecule has 1 aliphatic heterocycles. The maximum absolute atomic E-state index is 12.8. The van der Waals surface area contributed by atoms with E-state index in [1.807, 2.05) is 67.6 Å². The third-order valence-electron chi connectivity index (χ3n) is 4.67. The lowest BCUT2D eigenvalue weighted by molar-refractivity contribution is -0.130. The maximum Gasteiger partial charge on any atom is 0.250 e. The largest absolute Gasteiger partial charge is 0.394 e. The van der Waals surface area contributed by atoms with Crippen molar-refractivity contribution in [1.82, 2.24) is 4.90 Å². The van der Waals surface area contributed by atoms with Gasteiger partial charge in [-0.1, -0.05) is 74.2 Å². The predicted molar refractivity (Wildman–Crippen MR) is 90.6 cm³/mol. The molecule has 0 unspecified atom stereocenters. The molecule has 0 radical (unpaired) electrons. The van der Waals surface area contributed by atoms with Crippen LogP contribution in [0.1, 0.15) is 30.1 Å². The summed E-state index contributed by atoms with van der Waals surface area (Å²) in [5.74, 6) is -0.0584. The molecule has 1 amide bonds. The van der Waals surface area contributed by atoms with Crippen molar-refractivity contribution in [2.75, 3.05) is 6.61 Å². The minimum atomic E-state index is -0.365. The molecule has 0 spiro atoms. The standard InChI is InChI=1S/C20H21NO2/c1-14-15(2)20(23)21(19(14)17-11-7-4-8-12-17)18(13-22)16-9-5-3-6-10-16/h3-12,14,18-19,22H,2,13H2,1H3/t14-,18-,19+/m1/s1. The first-order valence-corrected chi connectivity index (χ1v) is 7.87. The molecule has 23 heavy (non-hydrogen) atoms. The fourth-order valence-electron chi connectivity index (χ4n) is 3.38. The topological polar surface area (TPSA) is 40.5 Å². The molecule has 1 N–H and O–H groups in total. The van der Waals surface area contributed by atoms with E-state index in [9.17, 15) is 9.90 Å². The van der Waals surface area contributed by atoms with Gasteiger partial charge in [-0.15, -0.1) is 0 Å². The monoisotopic (exact) mass is 307 g/mol. The number of aliphatic hydroxyl groups is 1.